The Hall–Kier alpha value is -2.37. The molecular weight excluding hydrogens is 434 g/mol. The number of carbonyl (C=O) groups is 2. The maximum Gasteiger partial charge on any atom is 0.230 e. The molecule has 1 aliphatic carbocycles. The molecule has 0 bridgehead atoms. The Kier molecular flexibility index (Phi) is 7.71. The maximum atomic E-state index is 13.0. The Balaban J connectivity index is 1.20. The molecule has 0 spiro atoms. The highest BCUT2D eigenvalue weighted by Gasteiger charge is 2.45. The summed E-state index contributed by atoms with van der Waals surface area (Å²) in [7, 11) is 0. The van der Waals surface area contributed by atoms with Crippen LogP contribution in [0.4, 0.5) is 5.69 Å². The Bertz CT molecular complexity index is 964. The van der Waals surface area contributed by atoms with E-state index < -0.39 is 0 Å². The van der Waals surface area contributed by atoms with Crippen LogP contribution in [0.15, 0.2) is 48.5 Å². The van der Waals surface area contributed by atoms with Crippen molar-refractivity contribution in [3.8, 4) is 0 Å². The molecule has 33 heavy (non-hydrogen) atoms. The van der Waals surface area contributed by atoms with Gasteiger partial charge in [-0.15, -0.1) is 0 Å². The van der Waals surface area contributed by atoms with Gasteiger partial charge in [0.1, 0.15) is 0 Å². The summed E-state index contributed by atoms with van der Waals surface area (Å²) >= 11 is 6.03. The molecule has 2 N–H and O–H groups in total. The van der Waals surface area contributed by atoms with E-state index in [2.05, 4.69) is 27.7 Å². The molecule has 2 amide bonds. The van der Waals surface area contributed by atoms with Crippen LogP contribution in [0.25, 0.3) is 0 Å². The summed E-state index contributed by atoms with van der Waals surface area (Å²) in [4.78, 5) is 26.8. The van der Waals surface area contributed by atoms with Gasteiger partial charge in [0.15, 0.2) is 0 Å². The number of piperidine rings is 1. The minimum Gasteiger partial charge on any atom is -0.355 e. The van der Waals surface area contributed by atoms with Crippen molar-refractivity contribution in [2.45, 2.75) is 56.8 Å². The zero-order valence-corrected chi connectivity index (χ0v) is 20.2. The molecule has 4 rings (SSSR count). The Morgan fingerprint density at radius 2 is 1.82 bits per heavy atom. The highest BCUT2D eigenvalue weighted by atomic mass is 35.5. The number of nitrogens with zero attached hydrogens (tertiary/aromatic N) is 1. The Morgan fingerprint density at radius 1 is 1.09 bits per heavy atom. The van der Waals surface area contributed by atoms with Crippen molar-refractivity contribution in [2.75, 3.05) is 31.5 Å². The van der Waals surface area contributed by atoms with Crippen LogP contribution in [0.1, 0.15) is 62.5 Å². The van der Waals surface area contributed by atoms with Gasteiger partial charge in [-0.2, -0.15) is 0 Å². The van der Waals surface area contributed by atoms with Gasteiger partial charge >= 0.3 is 0 Å². The third-order valence-electron chi connectivity index (χ3n) is 7.24. The lowest BCUT2D eigenvalue weighted by Gasteiger charge is -2.41. The number of nitrogens with one attached hydrogen (secondary N) is 2. The molecule has 2 fully saturated rings. The van der Waals surface area contributed by atoms with E-state index in [4.69, 9.17) is 11.6 Å². The Labute approximate surface area is 201 Å². The first-order valence-corrected chi connectivity index (χ1v) is 12.5. The van der Waals surface area contributed by atoms with Crippen molar-refractivity contribution in [1.82, 2.24) is 10.2 Å². The van der Waals surface area contributed by atoms with Crippen molar-refractivity contribution in [3.63, 3.8) is 0 Å². The van der Waals surface area contributed by atoms with Crippen molar-refractivity contribution < 1.29 is 9.59 Å². The lowest BCUT2D eigenvalue weighted by atomic mass is 9.64. The average Bonchev–Trinajstić information content (AvgIpc) is 2.77. The van der Waals surface area contributed by atoms with Gasteiger partial charge in [0.05, 0.1) is 5.41 Å². The first-order valence-electron chi connectivity index (χ1n) is 12.1. The van der Waals surface area contributed by atoms with Crippen LogP contribution in [0.5, 0.6) is 0 Å². The fourth-order valence-electron chi connectivity index (χ4n) is 5.18. The number of hydrogen-bond donors (Lipinski definition) is 2. The summed E-state index contributed by atoms with van der Waals surface area (Å²) in [6, 6.07) is 16.0. The molecule has 2 aromatic carbocycles. The molecule has 5 nitrogen and oxygen atoms in total. The third-order valence-corrected chi connectivity index (χ3v) is 7.49. The van der Waals surface area contributed by atoms with Gasteiger partial charge in [0.2, 0.25) is 11.8 Å². The number of likely N-dealkylation sites (tertiary alicyclic amines) is 1. The Morgan fingerprint density at radius 3 is 2.45 bits per heavy atom. The topological polar surface area (TPSA) is 61.4 Å². The van der Waals surface area contributed by atoms with Gasteiger partial charge in [-0.3, -0.25) is 9.59 Å². The fourth-order valence-corrected chi connectivity index (χ4v) is 5.31. The molecule has 6 heteroatoms. The standard InChI is InChI=1S/C27H34ClN3O2/c1-20(32)30-25-6-2-5-22(19-25)21-11-17-31(18-12-21)16-4-15-29-26(33)27(13-3-14-27)23-7-9-24(28)10-8-23/h2,5-10,19,21H,3-4,11-18H2,1H3,(H,29,33)(H,30,32). The van der Waals surface area contributed by atoms with Crippen molar-refractivity contribution in [1.29, 1.82) is 0 Å². The van der Waals surface area contributed by atoms with Crippen LogP contribution in [0, 0.1) is 0 Å². The van der Waals surface area contributed by atoms with E-state index in [1.54, 1.807) is 0 Å². The molecule has 1 heterocycles. The van der Waals surface area contributed by atoms with Crippen LogP contribution in [0.2, 0.25) is 5.02 Å². The molecule has 1 aliphatic heterocycles. The normalized spacial score (nSPS) is 18.4. The molecule has 1 saturated heterocycles. The molecule has 2 aromatic rings. The summed E-state index contributed by atoms with van der Waals surface area (Å²) in [5.41, 5.74) is 2.90. The van der Waals surface area contributed by atoms with Crippen LogP contribution in [0.3, 0.4) is 0 Å². The van der Waals surface area contributed by atoms with E-state index in [1.807, 2.05) is 36.4 Å². The lowest BCUT2D eigenvalue weighted by molar-refractivity contribution is -0.130. The van der Waals surface area contributed by atoms with Gasteiger partial charge in [-0.05, 0) is 93.0 Å². The minimum absolute atomic E-state index is 0.0366. The summed E-state index contributed by atoms with van der Waals surface area (Å²) in [6.07, 6.45) is 6.13. The number of benzene rings is 2. The molecule has 0 unspecified atom stereocenters. The number of hydrogen-bond acceptors (Lipinski definition) is 3. The summed E-state index contributed by atoms with van der Waals surface area (Å²) in [6.45, 7) is 5.40. The maximum absolute atomic E-state index is 13.0. The highest BCUT2D eigenvalue weighted by Crippen LogP contribution is 2.44. The second-order valence-electron chi connectivity index (χ2n) is 9.47. The first-order chi connectivity index (χ1) is 16.0. The number of rotatable bonds is 8. The van der Waals surface area contributed by atoms with Crippen LogP contribution < -0.4 is 10.6 Å². The van der Waals surface area contributed by atoms with Gasteiger partial charge in [0, 0.05) is 24.2 Å². The van der Waals surface area contributed by atoms with Gasteiger partial charge < -0.3 is 15.5 Å². The van der Waals surface area contributed by atoms with Gasteiger partial charge in [0.25, 0.3) is 0 Å². The third kappa shape index (κ3) is 5.77. The van der Waals surface area contributed by atoms with E-state index >= 15 is 0 Å². The van der Waals surface area contributed by atoms with Crippen molar-refractivity contribution >= 4 is 29.1 Å². The monoisotopic (exact) mass is 467 g/mol. The van der Waals surface area contributed by atoms with Gasteiger partial charge in [-0.1, -0.05) is 42.3 Å². The van der Waals surface area contributed by atoms with E-state index in [9.17, 15) is 9.59 Å². The number of amides is 2. The number of anilines is 1. The molecule has 0 atom stereocenters. The van der Waals surface area contributed by atoms with E-state index in [0.717, 1.165) is 69.4 Å². The van der Waals surface area contributed by atoms with Crippen LogP contribution in [-0.2, 0) is 15.0 Å². The zero-order chi connectivity index (χ0) is 23.3. The summed E-state index contributed by atoms with van der Waals surface area (Å²) in [5.74, 6) is 0.659. The number of carbonyl (C=O) groups excluding carboxylic acids is 2. The molecule has 0 radical (unpaired) electrons. The van der Waals surface area contributed by atoms with Crippen molar-refractivity contribution in [2.24, 2.45) is 0 Å². The molecular formula is C27H34ClN3O2. The van der Waals surface area contributed by atoms with E-state index in [0.29, 0.717) is 17.5 Å². The first kappa shape index (κ1) is 23.8. The largest absolute Gasteiger partial charge is 0.355 e. The van der Waals surface area contributed by atoms with Crippen molar-refractivity contribution in [3.05, 3.63) is 64.7 Å². The quantitative estimate of drug-likeness (QED) is 0.530. The second-order valence-corrected chi connectivity index (χ2v) is 9.91. The summed E-state index contributed by atoms with van der Waals surface area (Å²) < 4.78 is 0. The van der Waals surface area contributed by atoms with Crippen LogP contribution in [-0.4, -0.2) is 42.9 Å². The van der Waals surface area contributed by atoms with E-state index in [-0.39, 0.29) is 17.2 Å². The minimum atomic E-state index is -0.366. The van der Waals surface area contributed by atoms with Gasteiger partial charge in [-0.25, -0.2) is 0 Å². The molecule has 2 aliphatic rings. The predicted molar refractivity (Wildman–Crippen MR) is 134 cm³/mol. The van der Waals surface area contributed by atoms with Crippen LogP contribution >= 0.6 is 11.6 Å². The second kappa shape index (κ2) is 10.7. The molecule has 1 saturated carbocycles. The highest BCUT2D eigenvalue weighted by molar-refractivity contribution is 6.30. The lowest BCUT2D eigenvalue weighted by Crippen LogP contribution is -2.49. The molecule has 176 valence electrons. The molecule has 0 aromatic heterocycles. The number of halogens is 1. The zero-order valence-electron chi connectivity index (χ0n) is 19.4. The average molecular weight is 468 g/mol. The predicted octanol–water partition coefficient (Wildman–Crippen LogP) is 5.11. The smallest absolute Gasteiger partial charge is 0.230 e. The van der Waals surface area contributed by atoms with E-state index in [1.165, 1.54) is 12.5 Å². The SMILES string of the molecule is CC(=O)Nc1cccc(C2CCN(CCCNC(=O)C3(c4ccc(Cl)cc4)CCC3)CC2)c1. The summed E-state index contributed by atoms with van der Waals surface area (Å²) in [5, 5.41) is 6.79. The fraction of sp³-hybridized carbons (Fsp3) is 0.481.